The largest absolute Gasteiger partial charge is 0.480 e. The number of carbonyl (C=O) groups excluding carboxylic acids is 1. The normalized spacial score (nSPS) is 22.4. The van der Waals surface area contributed by atoms with E-state index < -0.39 is 11.5 Å². The van der Waals surface area contributed by atoms with Crippen molar-refractivity contribution in [2.75, 3.05) is 13.1 Å². The Morgan fingerprint density at radius 2 is 2.06 bits per heavy atom. The van der Waals surface area contributed by atoms with E-state index in [0.717, 1.165) is 12.8 Å². The monoisotopic (exact) mass is 224 g/mol. The van der Waals surface area contributed by atoms with Gasteiger partial charge >= 0.3 is 12.0 Å². The molecule has 5 nitrogen and oxygen atoms in total. The number of amides is 2. The van der Waals surface area contributed by atoms with Crippen molar-refractivity contribution in [1.82, 2.24) is 10.2 Å². The van der Waals surface area contributed by atoms with Crippen molar-refractivity contribution in [2.24, 2.45) is 0 Å². The van der Waals surface area contributed by atoms with E-state index in [4.69, 9.17) is 5.11 Å². The summed E-state index contributed by atoms with van der Waals surface area (Å²) in [6.07, 6.45) is 6.74. The molecule has 0 radical (unpaired) electrons. The third kappa shape index (κ3) is 1.89. The van der Waals surface area contributed by atoms with Crippen molar-refractivity contribution in [2.45, 2.75) is 31.2 Å². The SMILES string of the molecule is O=C(NC1(C(=O)O)CCC1)N1CC=CCC1. The molecule has 0 atom stereocenters. The predicted molar refractivity (Wildman–Crippen MR) is 58.1 cm³/mol. The van der Waals surface area contributed by atoms with Crippen LogP contribution in [0.15, 0.2) is 12.2 Å². The third-order valence-corrected chi connectivity index (χ3v) is 3.31. The van der Waals surface area contributed by atoms with Crippen molar-refractivity contribution in [3.05, 3.63) is 12.2 Å². The van der Waals surface area contributed by atoms with Crippen LogP contribution in [0.2, 0.25) is 0 Å². The Kier molecular flexibility index (Phi) is 2.85. The number of carboxylic acids is 1. The highest BCUT2D eigenvalue weighted by atomic mass is 16.4. The van der Waals surface area contributed by atoms with E-state index in [1.54, 1.807) is 4.90 Å². The molecule has 0 spiro atoms. The zero-order valence-electron chi connectivity index (χ0n) is 9.11. The highest BCUT2D eigenvalue weighted by Crippen LogP contribution is 2.32. The summed E-state index contributed by atoms with van der Waals surface area (Å²) >= 11 is 0. The summed E-state index contributed by atoms with van der Waals surface area (Å²) in [6.45, 7) is 1.24. The maximum atomic E-state index is 11.8. The molecule has 0 bridgehead atoms. The quantitative estimate of drug-likeness (QED) is 0.686. The number of urea groups is 1. The van der Waals surface area contributed by atoms with Crippen molar-refractivity contribution in [3.63, 3.8) is 0 Å². The molecule has 0 aromatic carbocycles. The van der Waals surface area contributed by atoms with Crippen molar-refractivity contribution in [3.8, 4) is 0 Å². The van der Waals surface area contributed by atoms with Crippen molar-refractivity contribution in [1.29, 1.82) is 0 Å². The molecule has 5 heteroatoms. The van der Waals surface area contributed by atoms with E-state index in [1.807, 2.05) is 12.2 Å². The number of carboxylic acid groups (broad SMARTS) is 1. The van der Waals surface area contributed by atoms with E-state index in [2.05, 4.69) is 5.32 Å². The molecule has 0 aromatic heterocycles. The second-order valence-electron chi connectivity index (χ2n) is 4.38. The standard InChI is InChI=1S/C11H16N2O3/c14-9(15)11(5-4-6-11)12-10(16)13-7-2-1-3-8-13/h1-2H,3-8H2,(H,12,16)(H,14,15). The fourth-order valence-corrected chi connectivity index (χ4v) is 2.03. The predicted octanol–water partition coefficient (Wildman–Crippen LogP) is 0.965. The molecule has 1 aliphatic heterocycles. The van der Waals surface area contributed by atoms with Crippen LogP contribution in [-0.4, -0.2) is 40.6 Å². The first kappa shape index (κ1) is 11.0. The number of hydrogen-bond acceptors (Lipinski definition) is 2. The summed E-state index contributed by atoms with van der Waals surface area (Å²) < 4.78 is 0. The van der Waals surface area contributed by atoms with Gasteiger partial charge in [-0.3, -0.25) is 0 Å². The molecule has 1 heterocycles. The Morgan fingerprint density at radius 3 is 2.50 bits per heavy atom. The zero-order chi connectivity index (χ0) is 11.6. The lowest BCUT2D eigenvalue weighted by molar-refractivity contribution is -0.148. The van der Waals surface area contributed by atoms with Gasteiger partial charge in [-0.2, -0.15) is 0 Å². The topological polar surface area (TPSA) is 69.6 Å². The van der Waals surface area contributed by atoms with Gasteiger partial charge in [-0.15, -0.1) is 0 Å². The molecule has 0 saturated heterocycles. The number of carbonyl (C=O) groups is 2. The van der Waals surface area contributed by atoms with Crippen LogP contribution in [0.1, 0.15) is 25.7 Å². The average molecular weight is 224 g/mol. The first-order valence-electron chi connectivity index (χ1n) is 5.59. The number of aliphatic carboxylic acids is 1. The van der Waals surface area contributed by atoms with Gasteiger partial charge in [-0.05, 0) is 25.7 Å². The van der Waals surface area contributed by atoms with Crippen LogP contribution in [-0.2, 0) is 4.79 Å². The highest BCUT2D eigenvalue weighted by Gasteiger charge is 2.46. The molecular formula is C11H16N2O3. The Hall–Kier alpha value is -1.52. The Bertz CT molecular complexity index is 334. The van der Waals surface area contributed by atoms with Crippen molar-refractivity contribution < 1.29 is 14.7 Å². The average Bonchev–Trinajstić information content (AvgIpc) is 2.24. The van der Waals surface area contributed by atoms with Crippen LogP contribution in [0.5, 0.6) is 0 Å². The van der Waals surface area contributed by atoms with E-state index in [1.165, 1.54) is 0 Å². The van der Waals surface area contributed by atoms with E-state index in [-0.39, 0.29) is 6.03 Å². The number of nitrogens with one attached hydrogen (secondary N) is 1. The number of nitrogens with zero attached hydrogens (tertiary/aromatic N) is 1. The van der Waals surface area contributed by atoms with Gasteiger partial charge in [0.15, 0.2) is 0 Å². The molecule has 88 valence electrons. The van der Waals surface area contributed by atoms with E-state index in [0.29, 0.717) is 25.9 Å². The lowest BCUT2D eigenvalue weighted by atomic mass is 9.77. The molecule has 2 N–H and O–H groups in total. The molecule has 0 aromatic rings. The van der Waals surface area contributed by atoms with Crippen LogP contribution in [0.3, 0.4) is 0 Å². The van der Waals surface area contributed by atoms with Crippen LogP contribution in [0.4, 0.5) is 4.79 Å². The summed E-state index contributed by atoms with van der Waals surface area (Å²) in [5.74, 6) is -0.917. The summed E-state index contributed by atoms with van der Waals surface area (Å²) in [6, 6.07) is -0.258. The Balaban J connectivity index is 1.95. The van der Waals surface area contributed by atoms with E-state index in [9.17, 15) is 9.59 Å². The first-order chi connectivity index (χ1) is 7.64. The van der Waals surface area contributed by atoms with Gasteiger partial charge in [0.05, 0.1) is 0 Å². The molecule has 2 amide bonds. The first-order valence-corrected chi connectivity index (χ1v) is 5.59. The lowest BCUT2D eigenvalue weighted by Gasteiger charge is -2.39. The molecule has 1 saturated carbocycles. The fraction of sp³-hybridized carbons (Fsp3) is 0.636. The summed E-state index contributed by atoms with van der Waals surface area (Å²) in [4.78, 5) is 24.5. The molecule has 2 rings (SSSR count). The maximum absolute atomic E-state index is 11.8. The van der Waals surface area contributed by atoms with Gasteiger partial charge in [0.2, 0.25) is 0 Å². The molecular weight excluding hydrogens is 208 g/mol. The third-order valence-electron chi connectivity index (χ3n) is 3.31. The van der Waals surface area contributed by atoms with E-state index >= 15 is 0 Å². The van der Waals surface area contributed by atoms with Gasteiger partial charge in [-0.25, -0.2) is 9.59 Å². The fourth-order valence-electron chi connectivity index (χ4n) is 2.03. The summed E-state index contributed by atoms with van der Waals surface area (Å²) in [7, 11) is 0. The van der Waals surface area contributed by atoms with Gasteiger partial charge in [-0.1, -0.05) is 12.2 Å². The summed E-state index contributed by atoms with van der Waals surface area (Å²) in [5.41, 5.74) is -1.00. The van der Waals surface area contributed by atoms with Crippen LogP contribution < -0.4 is 5.32 Å². The highest BCUT2D eigenvalue weighted by molar-refractivity contribution is 5.87. The zero-order valence-corrected chi connectivity index (χ0v) is 9.11. The molecule has 1 aliphatic carbocycles. The Morgan fingerprint density at radius 1 is 1.31 bits per heavy atom. The minimum absolute atomic E-state index is 0.258. The number of rotatable bonds is 2. The van der Waals surface area contributed by atoms with Gasteiger partial charge < -0.3 is 15.3 Å². The van der Waals surface area contributed by atoms with Gasteiger partial charge in [0, 0.05) is 13.1 Å². The molecule has 2 aliphatic rings. The molecule has 1 fully saturated rings. The maximum Gasteiger partial charge on any atom is 0.329 e. The smallest absolute Gasteiger partial charge is 0.329 e. The lowest BCUT2D eigenvalue weighted by Crippen LogP contribution is -2.61. The van der Waals surface area contributed by atoms with Crippen molar-refractivity contribution >= 4 is 12.0 Å². The number of hydrogen-bond donors (Lipinski definition) is 2. The molecule has 16 heavy (non-hydrogen) atoms. The summed E-state index contributed by atoms with van der Waals surface area (Å²) in [5, 5.41) is 11.7. The molecule has 0 unspecified atom stereocenters. The van der Waals surface area contributed by atoms with Crippen LogP contribution in [0.25, 0.3) is 0 Å². The van der Waals surface area contributed by atoms with Gasteiger partial charge in [0.1, 0.15) is 5.54 Å². The minimum atomic E-state index is -1.00. The Labute approximate surface area is 94.1 Å². The second kappa shape index (κ2) is 4.15. The van der Waals surface area contributed by atoms with Crippen LogP contribution >= 0.6 is 0 Å². The minimum Gasteiger partial charge on any atom is -0.480 e. The second-order valence-corrected chi connectivity index (χ2v) is 4.38. The van der Waals surface area contributed by atoms with Gasteiger partial charge in [0.25, 0.3) is 0 Å². The van der Waals surface area contributed by atoms with Crippen LogP contribution in [0, 0.1) is 0 Å².